The minimum absolute atomic E-state index is 0.0215. The molecule has 2 aromatic heterocycles. The lowest BCUT2D eigenvalue weighted by molar-refractivity contribution is -0.146. The van der Waals surface area contributed by atoms with E-state index in [2.05, 4.69) is 25.8 Å². The molecule has 3 aromatic carbocycles. The number of para-hydroxylation sites is 1. The van der Waals surface area contributed by atoms with Crippen molar-refractivity contribution in [3.05, 3.63) is 102 Å². The number of nitrogens with one attached hydrogen (secondary N) is 3. The van der Waals surface area contributed by atoms with E-state index in [1.54, 1.807) is 30.5 Å². The maximum absolute atomic E-state index is 14.0. The van der Waals surface area contributed by atoms with Crippen LogP contribution in [0.1, 0.15) is 48.7 Å². The van der Waals surface area contributed by atoms with Crippen LogP contribution < -0.4 is 10.6 Å². The third kappa shape index (κ3) is 7.71. The second-order valence-electron chi connectivity index (χ2n) is 12.1. The molecule has 12 nitrogen and oxygen atoms in total. The second-order valence-corrected chi connectivity index (χ2v) is 13.9. The maximum Gasteiger partial charge on any atom is 0.270 e. The number of aliphatic hydroxyl groups is 1. The molecule has 6 rings (SSSR count). The average molecular weight is 671 g/mol. The normalized spacial score (nSPS) is 15.8. The van der Waals surface area contributed by atoms with E-state index in [0.29, 0.717) is 23.9 Å². The van der Waals surface area contributed by atoms with Crippen LogP contribution >= 0.6 is 0 Å². The summed E-state index contributed by atoms with van der Waals surface area (Å²) in [6.07, 6.45) is 3.28. The summed E-state index contributed by atoms with van der Waals surface area (Å²) in [5.41, 5.74) is 2.17. The van der Waals surface area contributed by atoms with Crippen LogP contribution in [0.2, 0.25) is 0 Å². The molecule has 250 valence electrons. The number of sulfonamides is 1. The molecule has 2 heterocycles. The Kier molecular flexibility index (Phi) is 10.1. The smallest absolute Gasteiger partial charge is 0.270 e. The Balaban J connectivity index is 1.21. The van der Waals surface area contributed by atoms with E-state index in [9.17, 15) is 23.1 Å². The summed E-state index contributed by atoms with van der Waals surface area (Å²) in [5.74, 6) is -1.08. The summed E-state index contributed by atoms with van der Waals surface area (Å²) in [6.45, 7) is 1.09. The summed E-state index contributed by atoms with van der Waals surface area (Å²) in [7, 11) is -4.24. The van der Waals surface area contributed by atoms with Crippen LogP contribution in [0.25, 0.3) is 21.8 Å². The topological polar surface area (TPSA) is 167 Å². The highest BCUT2D eigenvalue weighted by molar-refractivity contribution is 7.89. The fraction of sp³-hybridized carbons (Fsp3) is 0.314. The van der Waals surface area contributed by atoms with Crippen LogP contribution in [0.5, 0.6) is 0 Å². The predicted octanol–water partition coefficient (Wildman–Crippen LogP) is 3.88. The molecular formula is C35H38N6O6S. The van der Waals surface area contributed by atoms with E-state index in [1.807, 2.05) is 48.5 Å². The quantitative estimate of drug-likeness (QED) is 0.137. The number of pyridine rings is 1. The number of aromatic amines is 1. The zero-order valence-electron chi connectivity index (χ0n) is 26.5. The van der Waals surface area contributed by atoms with Crippen molar-refractivity contribution in [3.8, 4) is 0 Å². The number of rotatable bonds is 13. The number of aliphatic hydroxyl groups excluding tert-OH is 1. The number of fused-ring (bicyclic) bond motifs is 2. The fourth-order valence-electron chi connectivity index (χ4n) is 5.82. The van der Waals surface area contributed by atoms with Gasteiger partial charge < -0.3 is 15.7 Å². The van der Waals surface area contributed by atoms with Crippen molar-refractivity contribution in [2.75, 3.05) is 6.54 Å². The highest BCUT2D eigenvalue weighted by Crippen LogP contribution is 2.27. The lowest BCUT2D eigenvalue weighted by Crippen LogP contribution is -2.55. The van der Waals surface area contributed by atoms with Gasteiger partial charge in [0, 0.05) is 10.8 Å². The van der Waals surface area contributed by atoms with Gasteiger partial charge in [-0.2, -0.15) is 5.10 Å². The van der Waals surface area contributed by atoms with E-state index in [0.717, 1.165) is 33.6 Å². The Labute approximate surface area is 278 Å². The van der Waals surface area contributed by atoms with Crippen molar-refractivity contribution in [1.29, 1.82) is 0 Å². The SMILES string of the molecule is C[C@H](NC(=O)c1ccc2ccccc2n1)C(=O)N[C@@H](Cc1ccccc1)[C@H](O)CN(OC1CCCC1)S(=O)(=O)c1ccc2cn[nH]c2c1. The van der Waals surface area contributed by atoms with E-state index < -0.39 is 46.6 Å². The number of amides is 2. The Bertz CT molecular complexity index is 2000. The lowest BCUT2D eigenvalue weighted by Gasteiger charge is -2.31. The van der Waals surface area contributed by atoms with Gasteiger partial charge in [0.1, 0.15) is 11.7 Å². The Morgan fingerprint density at radius 3 is 2.50 bits per heavy atom. The number of H-pyrrole nitrogens is 1. The van der Waals surface area contributed by atoms with Gasteiger partial charge in [0.2, 0.25) is 5.91 Å². The summed E-state index contributed by atoms with van der Waals surface area (Å²) in [5, 5.41) is 25.6. The number of benzene rings is 3. The standard InChI is InChI=1S/C35H38N6O6S/c1-23(37-35(44)30-18-16-25-11-5-8-14-29(25)38-30)34(43)39-32(19-24-9-3-2-4-10-24)33(42)22-41(47-27-12-6-7-13-27)48(45,46)28-17-15-26-21-36-40-31(26)20-28/h2-5,8-11,14-18,20-21,23,27,32-33,42H,6-7,12-13,19,22H2,1H3,(H,36,40)(H,37,44)(H,39,43)/t23-,32-,33+/m0/s1. The molecule has 0 spiro atoms. The molecule has 4 N–H and O–H groups in total. The number of carbonyl (C=O) groups excluding carboxylic acids is 2. The summed E-state index contributed by atoms with van der Waals surface area (Å²) in [6, 6.07) is 22.7. The Morgan fingerprint density at radius 1 is 0.979 bits per heavy atom. The molecular weight excluding hydrogens is 632 g/mol. The molecule has 0 aliphatic heterocycles. The van der Waals surface area contributed by atoms with Crippen LogP contribution in [-0.2, 0) is 26.1 Å². The summed E-state index contributed by atoms with van der Waals surface area (Å²) < 4.78 is 28.8. The Hall–Kier alpha value is -4.69. The first-order valence-corrected chi connectivity index (χ1v) is 17.4. The second kappa shape index (κ2) is 14.6. The lowest BCUT2D eigenvalue weighted by atomic mass is 10.0. The van der Waals surface area contributed by atoms with Gasteiger partial charge in [-0.05, 0) is 62.1 Å². The van der Waals surface area contributed by atoms with Gasteiger partial charge >= 0.3 is 0 Å². The molecule has 2 amide bonds. The average Bonchev–Trinajstić information content (AvgIpc) is 3.80. The molecule has 3 atom stereocenters. The number of hydroxylamine groups is 1. The minimum Gasteiger partial charge on any atom is -0.389 e. The van der Waals surface area contributed by atoms with Crippen molar-refractivity contribution >= 4 is 43.6 Å². The first kappa shape index (κ1) is 33.2. The first-order chi connectivity index (χ1) is 23.2. The molecule has 0 bridgehead atoms. The van der Waals surface area contributed by atoms with Gasteiger partial charge in [0.15, 0.2) is 0 Å². The van der Waals surface area contributed by atoms with Gasteiger partial charge in [-0.3, -0.25) is 19.5 Å². The largest absolute Gasteiger partial charge is 0.389 e. The highest BCUT2D eigenvalue weighted by atomic mass is 32.2. The molecule has 0 saturated heterocycles. The zero-order valence-corrected chi connectivity index (χ0v) is 27.3. The molecule has 1 fully saturated rings. The first-order valence-electron chi connectivity index (χ1n) is 16.0. The number of nitrogens with zero attached hydrogens (tertiary/aromatic N) is 3. The minimum atomic E-state index is -4.24. The van der Waals surface area contributed by atoms with Crippen LogP contribution in [0.3, 0.4) is 0 Å². The Morgan fingerprint density at radius 2 is 1.71 bits per heavy atom. The van der Waals surface area contributed by atoms with Gasteiger partial charge in [-0.15, -0.1) is 0 Å². The number of hydrogen-bond acceptors (Lipinski definition) is 8. The molecule has 48 heavy (non-hydrogen) atoms. The fourth-order valence-corrected chi connectivity index (χ4v) is 7.15. The van der Waals surface area contributed by atoms with Crippen molar-refractivity contribution in [3.63, 3.8) is 0 Å². The van der Waals surface area contributed by atoms with E-state index in [-0.39, 0.29) is 23.1 Å². The maximum atomic E-state index is 14.0. The summed E-state index contributed by atoms with van der Waals surface area (Å²) in [4.78, 5) is 37.0. The van der Waals surface area contributed by atoms with E-state index in [4.69, 9.17) is 4.84 Å². The van der Waals surface area contributed by atoms with E-state index in [1.165, 1.54) is 19.1 Å². The third-order valence-corrected chi connectivity index (χ3v) is 10.2. The van der Waals surface area contributed by atoms with E-state index >= 15 is 0 Å². The van der Waals surface area contributed by atoms with Crippen molar-refractivity contribution in [2.24, 2.45) is 0 Å². The van der Waals surface area contributed by atoms with Crippen LogP contribution in [0, 0.1) is 0 Å². The monoisotopic (exact) mass is 670 g/mol. The van der Waals surface area contributed by atoms with Gasteiger partial charge in [-0.1, -0.05) is 71.9 Å². The molecule has 0 unspecified atom stereocenters. The zero-order chi connectivity index (χ0) is 33.7. The molecule has 1 saturated carbocycles. The van der Waals surface area contributed by atoms with Gasteiger partial charge in [0.05, 0.1) is 46.9 Å². The number of carbonyl (C=O) groups is 2. The highest BCUT2D eigenvalue weighted by Gasteiger charge is 2.35. The van der Waals surface area contributed by atoms with Crippen molar-refractivity contribution < 1.29 is 28.0 Å². The van der Waals surface area contributed by atoms with Crippen LogP contribution in [-0.4, -0.2) is 75.8 Å². The predicted molar refractivity (Wildman–Crippen MR) is 180 cm³/mol. The molecule has 1 aliphatic carbocycles. The van der Waals surface area contributed by atoms with Crippen molar-refractivity contribution in [2.45, 2.75) is 68.2 Å². The third-order valence-electron chi connectivity index (χ3n) is 8.55. The van der Waals surface area contributed by atoms with Crippen LogP contribution in [0.4, 0.5) is 0 Å². The number of hydrogen-bond donors (Lipinski definition) is 4. The summed E-state index contributed by atoms with van der Waals surface area (Å²) >= 11 is 0. The number of aromatic nitrogens is 3. The van der Waals surface area contributed by atoms with Crippen molar-refractivity contribution in [1.82, 2.24) is 30.3 Å². The molecule has 1 aliphatic rings. The molecule has 0 radical (unpaired) electrons. The molecule has 13 heteroatoms. The van der Waals surface area contributed by atoms with Gasteiger partial charge in [0.25, 0.3) is 15.9 Å². The van der Waals surface area contributed by atoms with Gasteiger partial charge in [-0.25, -0.2) is 13.4 Å². The van der Waals surface area contributed by atoms with Crippen LogP contribution in [0.15, 0.2) is 96.0 Å². The molecule has 5 aromatic rings.